The molecule has 2 heterocycles. The molecule has 2 unspecified atom stereocenters. The minimum Gasteiger partial charge on any atom is -0.354 e. The fourth-order valence-corrected chi connectivity index (χ4v) is 3.07. The van der Waals surface area contributed by atoms with E-state index in [0.29, 0.717) is 11.6 Å². The van der Waals surface area contributed by atoms with Crippen LogP contribution >= 0.6 is 11.6 Å². The number of H-pyrrole nitrogens is 1. The van der Waals surface area contributed by atoms with Crippen LogP contribution in [0.5, 0.6) is 0 Å². The molecular weight excluding hydrogens is 314 g/mol. The molecule has 2 atom stereocenters. The summed E-state index contributed by atoms with van der Waals surface area (Å²) in [6.45, 7) is 0.476. The highest BCUT2D eigenvalue weighted by Gasteiger charge is 2.58. The van der Waals surface area contributed by atoms with Crippen LogP contribution in [0.25, 0.3) is 0 Å². The number of nitrogens with one attached hydrogen (secondary N) is 1. The Labute approximate surface area is 137 Å². The summed E-state index contributed by atoms with van der Waals surface area (Å²) in [4.78, 5) is 15.0. The van der Waals surface area contributed by atoms with Gasteiger partial charge in [0.1, 0.15) is 18.0 Å². The Morgan fingerprint density at radius 1 is 1.17 bits per heavy atom. The quantitative estimate of drug-likeness (QED) is 0.749. The molecule has 116 valence electrons. The molecule has 0 bridgehead atoms. The van der Waals surface area contributed by atoms with E-state index in [4.69, 9.17) is 16.3 Å². The summed E-state index contributed by atoms with van der Waals surface area (Å²) in [6, 6.07) is 17.6. The van der Waals surface area contributed by atoms with Crippen LogP contribution in [0.1, 0.15) is 17.2 Å². The lowest BCUT2D eigenvalue weighted by Gasteiger charge is -2.14. The second-order valence-corrected chi connectivity index (χ2v) is 6.03. The Hall–Kier alpha value is -2.37. The van der Waals surface area contributed by atoms with Gasteiger partial charge in [0.05, 0.1) is 6.54 Å². The molecule has 0 saturated carbocycles. The third-order valence-corrected chi connectivity index (χ3v) is 4.34. The van der Waals surface area contributed by atoms with Crippen molar-refractivity contribution in [2.45, 2.75) is 18.2 Å². The molecule has 1 aliphatic heterocycles. The highest BCUT2D eigenvalue weighted by atomic mass is 35.5. The van der Waals surface area contributed by atoms with Gasteiger partial charge in [0, 0.05) is 5.02 Å². The smallest absolute Gasteiger partial charge is 0.354 e. The Bertz CT molecular complexity index is 873. The maximum Gasteiger partial charge on any atom is 0.361 e. The van der Waals surface area contributed by atoms with Gasteiger partial charge in [-0.2, -0.15) is 4.98 Å². The van der Waals surface area contributed by atoms with Crippen LogP contribution in [0, 0.1) is 0 Å². The number of ether oxygens (including phenoxy) is 1. The molecular formula is C17H14ClN3O2. The van der Waals surface area contributed by atoms with Crippen molar-refractivity contribution in [3.63, 3.8) is 0 Å². The van der Waals surface area contributed by atoms with Crippen LogP contribution in [0.2, 0.25) is 5.02 Å². The molecule has 0 amide bonds. The lowest BCUT2D eigenvalue weighted by atomic mass is 9.91. The fourth-order valence-electron chi connectivity index (χ4n) is 2.94. The number of hydrogen-bond acceptors (Lipinski definition) is 3. The summed E-state index contributed by atoms with van der Waals surface area (Å²) in [5.41, 5.74) is 1.22. The van der Waals surface area contributed by atoms with Gasteiger partial charge in [0.2, 0.25) is 0 Å². The number of hydrogen-bond donors (Lipinski definition) is 1. The van der Waals surface area contributed by atoms with Crippen molar-refractivity contribution in [3.8, 4) is 0 Å². The van der Waals surface area contributed by atoms with Gasteiger partial charge in [0.25, 0.3) is 0 Å². The van der Waals surface area contributed by atoms with Gasteiger partial charge in [-0.05, 0) is 23.3 Å². The predicted molar refractivity (Wildman–Crippen MR) is 86.2 cm³/mol. The Morgan fingerprint density at radius 3 is 2.57 bits per heavy atom. The fraction of sp³-hybridized carbons (Fsp3) is 0.176. The molecule has 0 radical (unpaired) electrons. The highest BCUT2D eigenvalue weighted by Crippen LogP contribution is 2.57. The summed E-state index contributed by atoms with van der Waals surface area (Å²) in [7, 11) is 0. The molecule has 1 fully saturated rings. The number of aromatic amines is 1. The predicted octanol–water partition coefficient (Wildman–Crippen LogP) is 2.89. The maximum atomic E-state index is 11.3. The first-order valence-electron chi connectivity index (χ1n) is 7.28. The zero-order valence-electron chi connectivity index (χ0n) is 12.1. The van der Waals surface area contributed by atoms with Gasteiger partial charge < -0.3 is 4.74 Å². The van der Waals surface area contributed by atoms with Crippen molar-refractivity contribution in [2.24, 2.45) is 0 Å². The second kappa shape index (κ2) is 5.37. The molecule has 1 N–H and O–H groups in total. The van der Waals surface area contributed by atoms with Crippen LogP contribution in [0.4, 0.5) is 0 Å². The third-order valence-electron chi connectivity index (χ3n) is 4.09. The molecule has 1 saturated heterocycles. The van der Waals surface area contributed by atoms with Gasteiger partial charge in [-0.1, -0.05) is 54.1 Å². The number of rotatable bonds is 4. The lowest BCUT2D eigenvalue weighted by Crippen LogP contribution is -2.20. The van der Waals surface area contributed by atoms with Gasteiger partial charge >= 0.3 is 5.69 Å². The van der Waals surface area contributed by atoms with E-state index >= 15 is 0 Å². The minimum absolute atomic E-state index is 0.0734. The molecule has 23 heavy (non-hydrogen) atoms. The molecule has 5 nitrogen and oxygen atoms in total. The van der Waals surface area contributed by atoms with Gasteiger partial charge in [-0.3, -0.25) is 4.68 Å². The molecule has 1 aromatic heterocycles. The molecule has 6 heteroatoms. The van der Waals surface area contributed by atoms with E-state index in [-0.39, 0.29) is 11.8 Å². The minimum atomic E-state index is -0.532. The summed E-state index contributed by atoms with van der Waals surface area (Å²) in [5.74, 6) is 0. The average molecular weight is 328 g/mol. The number of aromatic nitrogens is 3. The molecule has 0 spiro atoms. The summed E-state index contributed by atoms with van der Waals surface area (Å²) < 4.78 is 7.77. The van der Waals surface area contributed by atoms with Crippen LogP contribution in [-0.2, 0) is 16.9 Å². The van der Waals surface area contributed by atoms with E-state index < -0.39 is 5.60 Å². The number of halogens is 1. The summed E-state index contributed by atoms with van der Waals surface area (Å²) >= 11 is 6.00. The van der Waals surface area contributed by atoms with E-state index in [2.05, 4.69) is 10.1 Å². The van der Waals surface area contributed by atoms with Crippen molar-refractivity contribution < 1.29 is 4.74 Å². The second-order valence-electron chi connectivity index (χ2n) is 5.59. The first-order valence-corrected chi connectivity index (χ1v) is 7.65. The monoisotopic (exact) mass is 327 g/mol. The van der Waals surface area contributed by atoms with E-state index in [9.17, 15) is 4.79 Å². The Kier molecular flexibility index (Phi) is 3.32. The van der Waals surface area contributed by atoms with Crippen molar-refractivity contribution in [1.29, 1.82) is 0 Å². The van der Waals surface area contributed by atoms with Crippen molar-refractivity contribution in [2.75, 3.05) is 0 Å². The Morgan fingerprint density at radius 2 is 1.91 bits per heavy atom. The van der Waals surface area contributed by atoms with Crippen molar-refractivity contribution in [1.82, 2.24) is 14.8 Å². The largest absolute Gasteiger partial charge is 0.361 e. The summed E-state index contributed by atoms with van der Waals surface area (Å²) in [5, 5.41) is 3.35. The third kappa shape index (κ3) is 2.58. The maximum absolute atomic E-state index is 11.3. The topological polar surface area (TPSA) is 63.2 Å². The van der Waals surface area contributed by atoms with Crippen molar-refractivity contribution in [3.05, 3.63) is 87.6 Å². The number of benzene rings is 2. The van der Waals surface area contributed by atoms with E-state index in [1.807, 2.05) is 54.6 Å². The first-order chi connectivity index (χ1) is 11.2. The van der Waals surface area contributed by atoms with E-state index in [0.717, 1.165) is 11.1 Å². The standard InChI is InChI=1S/C17H14ClN3O2/c18-14-8-6-13(7-9-14)17(10-21-11-19-16(22)20-21)15(23-17)12-4-2-1-3-5-12/h1-9,11,15H,10H2,(H,20,22). The Balaban J connectivity index is 1.73. The molecule has 4 rings (SSSR count). The van der Waals surface area contributed by atoms with E-state index in [1.54, 1.807) is 4.68 Å². The normalized spacial score (nSPS) is 22.9. The summed E-state index contributed by atoms with van der Waals surface area (Å²) in [6.07, 6.45) is 1.42. The van der Waals surface area contributed by atoms with Crippen LogP contribution < -0.4 is 5.69 Å². The zero-order valence-corrected chi connectivity index (χ0v) is 12.9. The molecule has 3 aromatic rings. The molecule has 2 aromatic carbocycles. The van der Waals surface area contributed by atoms with Gasteiger partial charge in [-0.25, -0.2) is 9.89 Å². The first kappa shape index (κ1) is 14.2. The van der Waals surface area contributed by atoms with Crippen LogP contribution in [-0.4, -0.2) is 14.8 Å². The van der Waals surface area contributed by atoms with Crippen molar-refractivity contribution >= 4 is 11.6 Å². The van der Waals surface area contributed by atoms with Crippen LogP contribution in [0.15, 0.2) is 65.7 Å². The number of epoxide rings is 1. The lowest BCUT2D eigenvalue weighted by molar-refractivity contribution is 0.262. The SMILES string of the molecule is O=c1ncn(CC2(c3ccc(Cl)cc3)OC2c2ccccc2)[nH]1. The van der Waals surface area contributed by atoms with Crippen LogP contribution in [0.3, 0.4) is 0 Å². The number of nitrogens with zero attached hydrogens (tertiary/aromatic N) is 2. The van der Waals surface area contributed by atoms with Gasteiger partial charge in [0.15, 0.2) is 0 Å². The van der Waals surface area contributed by atoms with E-state index in [1.165, 1.54) is 6.33 Å². The molecule has 0 aliphatic carbocycles. The zero-order chi connectivity index (χ0) is 15.9. The van der Waals surface area contributed by atoms with Gasteiger partial charge in [-0.15, -0.1) is 0 Å². The molecule has 1 aliphatic rings. The average Bonchev–Trinajstić information content (AvgIpc) is 3.15. The highest BCUT2D eigenvalue weighted by molar-refractivity contribution is 6.30.